The number of carbonyl (C=O) groups excluding carboxylic acids is 1. The topological polar surface area (TPSA) is 94.7 Å². The van der Waals surface area contributed by atoms with E-state index in [0.29, 0.717) is 36.1 Å². The van der Waals surface area contributed by atoms with E-state index in [0.717, 1.165) is 24.1 Å². The molecule has 1 aliphatic heterocycles. The van der Waals surface area contributed by atoms with Gasteiger partial charge in [0.25, 0.3) is 0 Å². The van der Waals surface area contributed by atoms with Crippen LogP contribution in [0.15, 0.2) is 18.2 Å². The molecule has 2 heterocycles. The first kappa shape index (κ1) is 18.1. The van der Waals surface area contributed by atoms with Gasteiger partial charge >= 0.3 is 6.09 Å². The van der Waals surface area contributed by atoms with E-state index in [4.69, 9.17) is 18.9 Å². The van der Waals surface area contributed by atoms with E-state index in [1.54, 1.807) is 20.3 Å². The highest BCUT2D eigenvalue weighted by Crippen LogP contribution is 2.39. The number of H-pyrrole nitrogens is 1. The maximum atomic E-state index is 11.9. The van der Waals surface area contributed by atoms with Crippen molar-refractivity contribution < 1.29 is 23.7 Å². The molecule has 0 saturated carbocycles. The molecule has 1 aromatic heterocycles. The average Bonchev–Trinajstić information content (AvgIpc) is 3.11. The lowest BCUT2D eigenvalue weighted by molar-refractivity contribution is 0.0846. The van der Waals surface area contributed by atoms with Gasteiger partial charge in [-0.2, -0.15) is 5.10 Å². The van der Waals surface area contributed by atoms with Crippen LogP contribution in [0, 0.1) is 0 Å². The summed E-state index contributed by atoms with van der Waals surface area (Å²) in [6.45, 7) is 1.38. The number of nitrogens with one attached hydrogen (secondary N) is 2. The molecule has 140 valence electrons. The van der Waals surface area contributed by atoms with Gasteiger partial charge in [0.15, 0.2) is 11.5 Å². The summed E-state index contributed by atoms with van der Waals surface area (Å²) in [5, 5.41) is 10.3. The quantitative estimate of drug-likeness (QED) is 0.849. The fourth-order valence-electron chi connectivity index (χ4n) is 3.11. The van der Waals surface area contributed by atoms with Crippen LogP contribution in [-0.2, 0) is 9.47 Å². The van der Waals surface area contributed by atoms with Crippen LogP contribution in [0.25, 0.3) is 11.3 Å². The van der Waals surface area contributed by atoms with Crippen molar-refractivity contribution in [2.45, 2.75) is 18.8 Å². The summed E-state index contributed by atoms with van der Waals surface area (Å²) < 4.78 is 20.9. The molecule has 3 rings (SSSR count). The van der Waals surface area contributed by atoms with Crippen LogP contribution >= 0.6 is 0 Å². The summed E-state index contributed by atoms with van der Waals surface area (Å²) in [5.41, 5.74) is 2.92. The van der Waals surface area contributed by atoms with Crippen molar-refractivity contribution in [3.63, 3.8) is 0 Å². The molecular weight excluding hydrogens is 338 g/mol. The highest BCUT2D eigenvalue weighted by molar-refractivity contribution is 5.91. The van der Waals surface area contributed by atoms with Gasteiger partial charge < -0.3 is 18.9 Å². The zero-order valence-corrected chi connectivity index (χ0v) is 15.1. The fraction of sp³-hybridized carbons (Fsp3) is 0.444. The summed E-state index contributed by atoms with van der Waals surface area (Å²) in [6.07, 6.45) is 1.19. The van der Waals surface area contributed by atoms with Crippen molar-refractivity contribution in [3.05, 3.63) is 23.9 Å². The third-order valence-corrected chi connectivity index (χ3v) is 4.49. The molecule has 1 aliphatic rings. The Hall–Kier alpha value is -2.74. The van der Waals surface area contributed by atoms with Gasteiger partial charge in [-0.25, -0.2) is 4.79 Å². The van der Waals surface area contributed by atoms with Crippen LogP contribution in [0.1, 0.15) is 24.5 Å². The number of carbonyl (C=O) groups is 1. The first-order valence-corrected chi connectivity index (χ1v) is 8.41. The number of benzene rings is 1. The number of hydrogen-bond donors (Lipinski definition) is 2. The average molecular weight is 361 g/mol. The predicted octanol–water partition coefficient (Wildman–Crippen LogP) is 3.17. The highest BCUT2D eigenvalue weighted by Gasteiger charge is 2.26. The number of anilines is 1. The van der Waals surface area contributed by atoms with Gasteiger partial charge in [-0.1, -0.05) is 0 Å². The highest BCUT2D eigenvalue weighted by atomic mass is 16.5. The second-order valence-corrected chi connectivity index (χ2v) is 5.93. The van der Waals surface area contributed by atoms with Gasteiger partial charge in [0.2, 0.25) is 0 Å². The standard InChI is InChI=1S/C18H23N3O5/c1-23-13-5-4-12(10-14(13)24-2)16-17(19-18(22)25-3)15(20-21-16)11-6-8-26-9-7-11/h4-5,10-11H,6-9H2,1-3H3,(H,19,22)(H,20,21). The van der Waals surface area contributed by atoms with Gasteiger partial charge in [-0.3, -0.25) is 10.4 Å². The smallest absolute Gasteiger partial charge is 0.411 e. The SMILES string of the molecule is COC(=O)Nc1c(-c2ccc(OC)c(OC)c2)n[nH]c1C1CCOCC1. The molecule has 26 heavy (non-hydrogen) atoms. The maximum Gasteiger partial charge on any atom is 0.411 e. The lowest BCUT2D eigenvalue weighted by atomic mass is 9.94. The van der Waals surface area contributed by atoms with Crippen LogP contribution in [0.4, 0.5) is 10.5 Å². The lowest BCUT2D eigenvalue weighted by Crippen LogP contribution is -2.18. The van der Waals surface area contributed by atoms with Crippen molar-refractivity contribution in [3.8, 4) is 22.8 Å². The molecule has 1 fully saturated rings. The molecule has 0 unspecified atom stereocenters. The molecule has 0 spiro atoms. The number of aromatic amines is 1. The van der Waals surface area contributed by atoms with Gasteiger partial charge in [0.1, 0.15) is 5.69 Å². The zero-order chi connectivity index (χ0) is 18.5. The van der Waals surface area contributed by atoms with E-state index in [-0.39, 0.29) is 5.92 Å². The summed E-state index contributed by atoms with van der Waals surface area (Å²) >= 11 is 0. The third-order valence-electron chi connectivity index (χ3n) is 4.49. The van der Waals surface area contributed by atoms with Gasteiger partial charge in [-0.05, 0) is 31.0 Å². The summed E-state index contributed by atoms with van der Waals surface area (Å²) in [6, 6.07) is 5.50. The first-order chi connectivity index (χ1) is 12.7. The minimum Gasteiger partial charge on any atom is -0.493 e. The lowest BCUT2D eigenvalue weighted by Gasteiger charge is -2.22. The Morgan fingerprint density at radius 2 is 1.92 bits per heavy atom. The minimum absolute atomic E-state index is 0.234. The molecular formula is C18H23N3O5. The largest absolute Gasteiger partial charge is 0.493 e. The molecule has 0 atom stereocenters. The van der Waals surface area contributed by atoms with Crippen LogP contribution < -0.4 is 14.8 Å². The summed E-state index contributed by atoms with van der Waals surface area (Å²) in [4.78, 5) is 11.9. The second-order valence-electron chi connectivity index (χ2n) is 5.93. The third kappa shape index (κ3) is 3.60. The molecule has 0 aliphatic carbocycles. The van der Waals surface area contributed by atoms with Crippen molar-refractivity contribution in [1.82, 2.24) is 10.2 Å². The second kappa shape index (κ2) is 8.09. The number of aromatic nitrogens is 2. The van der Waals surface area contributed by atoms with Gasteiger partial charge in [0, 0.05) is 24.7 Å². The molecule has 2 aromatic rings. The van der Waals surface area contributed by atoms with E-state index in [2.05, 4.69) is 15.5 Å². The van der Waals surface area contributed by atoms with E-state index < -0.39 is 6.09 Å². The molecule has 0 bridgehead atoms. The van der Waals surface area contributed by atoms with Gasteiger partial charge in [-0.15, -0.1) is 0 Å². The van der Waals surface area contributed by atoms with Crippen LogP contribution in [0.2, 0.25) is 0 Å². The van der Waals surface area contributed by atoms with Crippen molar-refractivity contribution >= 4 is 11.8 Å². The van der Waals surface area contributed by atoms with Crippen LogP contribution in [0.3, 0.4) is 0 Å². The van der Waals surface area contributed by atoms with E-state index >= 15 is 0 Å². The van der Waals surface area contributed by atoms with Crippen molar-refractivity contribution in [1.29, 1.82) is 0 Å². The zero-order valence-electron chi connectivity index (χ0n) is 15.1. The normalized spacial score (nSPS) is 14.7. The number of amides is 1. The first-order valence-electron chi connectivity index (χ1n) is 8.41. The van der Waals surface area contributed by atoms with E-state index in [9.17, 15) is 4.79 Å². The Bertz CT molecular complexity index is 768. The van der Waals surface area contributed by atoms with Crippen molar-refractivity contribution in [2.24, 2.45) is 0 Å². The predicted molar refractivity (Wildman–Crippen MR) is 95.9 cm³/mol. The Labute approximate surface area is 151 Å². The molecule has 1 aromatic carbocycles. The number of rotatable bonds is 5. The minimum atomic E-state index is -0.540. The number of ether oxygens (including phenoxy) is 4. The molecule has 1 saturated heterocycles. The summed E-state index contributed by atoms with van der Waals surface area (Å²) in [7, 11) is 4.49. The Morgan fingerprint density at radius 3 is 2.58 bits per heavy atom. The maximum absolute atomic E-state index is 11.9. The van der Waals surface area contributed by atoms with E-state index in [1.165, 1.54) is 7.11 Å². The summed E-state index contributed by atoms with van der Waals surface area (Å²) in [5.74, 6) is 1.45. The monoisotopic (exact) mass is 361 g/mol. The molecule has 1 amide bonds. The fourth-order valence-corrected chi connectivity index (χ4v) is 3.11. The van der Waals surface area contributed by atoms with E-state index in [1.807, 2.05) is 12.1 Å². The van der Waals surface area contributed by atoms with Crippen LogP contribution in [-0.4, -0.2) is 50.8 Å². The Kier molecular flexibility index (Phi) is 5.62. The van der Waals surface area contributed by atoms with Crippen molar-refractivity contribution in [2.75, 3.05) is 39.9 Å². The molecule has 0 radical (unpaired) electrons. The van der Waals surface area contributed by atoms with Gasteiger partial charge in [0.05, 0.1) is 32.7 Å². The number of hydrogen-bond acceptors (Lipinski definition) is 6. The Morgan fingerprint density at radius 1 is 1.19 bits per heavy atom. The number of methoxy groups -OCH3 is 3. The molecule has 8 nitrogen and oxygen atoms in total. The van der Waals surface area contributed by atoms with Crippen LogP contribution in [0.5, 0.6) is 11.5 Å². The molecule has 2 N–H and O–H groups in total. The number of nitrogens with zero attached hydrogens (tertiary/aromatic N) is 1. The Balaban J connectivity index is 2.03. The molecule has 8 heteroatoms.